The van der Waals surface area contributed by atoms with E-state index in [9.17, 15) is 19.3 Å². The highest BCUT2D eigenvalue weighted by molar-refractivity contribution is 5.73. The van der Waals surface area contributed by atoms with Gasteiger partial charge in [-0.15, -0.1) is 0 Å². The SMILES string of the molecule is CC(C(=O)O)N1CCN(c2ccc([N+](=O)[O-])cc2F)CC1. The largest absolute Gasteiger partial charge is 0.480 e. The topological polar surface area (TPSA) is 86.9 Å². The summed E-state index contributed by atoms with van der Waals surface area (Å²) < 4.78 is 13.9. The van der Waals surface area contributed by atoms with E-state index in [1.807, 2.05) is 4.90 Å². The van der Waals surface area contributed by atoms with Crippen LogP contribution in [0.4, 0.5) is 15.8 Å². The Bertz CT molecular complexity index is 558. The van der Waals surface area contributed by atoms with Crippen molar-refractivity contribution in [1.29, 1.82) is 0 Å². The van der Waals surface area contributed by atoms with Gasteiger partial charge in [0.25, 0.3) is 5.69 Å². The number of carboxylic acids is 1. The van der Waals surface area contributed by atoms with Crippen molar-refractivity contribution in [2.45, 2.75) is 13.0 Å². The number of halogens is 1. The van der Waals surface area contributed by atoms with Gasteiger partial charge in [0, 0.05) is 32.2 Å². The number of nitro groups is 1. The Labute approximate surface area is 120 Å². The van der Waals surface area contributed by atoms with Crippen LogP contribution < -0.4 is 4.90 Å². The van der Waals surface area contributed by atoms with Gasteiger partial charge >= 0.3 is 5.97 Å². The van der Waals surface area contributed by atoms with Gasteiger partial charge in [0.05, 0.1) is 16.7 Å². The summed E-state index contributed by atoms with van der Waals surface area (Å²) in [6.07, 6.45) is 0. The summed E-state index contributed by atoms with van der Waals surface area (Å²) >= 11 is 0. The Morgan fingerprint density at radius 2 is 2.00 bits per heavy atom. The lowest BCUT2D eigenvalue weighted by Crippen LogP contribution is -2.51. The van der Waals surface area contributed by atoms with Gasteiger partial charge in [-0.1, -0.05) is 0 Å². The van der Waals surface area contributed by atoms with Crippen LogP contribution >= 0.6 is 0 Å². The molecule has 7 nitrogen and oxygen atoms in total. The number of carbonyl (C=O) groups is 1. The standard InChI is InChI=1S/C13H16FN3O4/c1-9(13(18)19)15-4-6-16(7-5-15)12-3-2-10(17(20)21)8-11(12)14/h2-3,8-9H,4-7H2,1H3,(H,18,19). The molecule has 0 saturated carbocycles. The van der Waals surface area contributed by atoms with E-state index in [0.717, 1.165) is 6.07 Å². The molecule has 1 unspecified atom stereocenters. The molecule has 2 rings (SSSR count). The van der Waals surface area contributed by atoms with Gasteiger partial charge < -0.3 is 10.0 Å². The summed E-state index contributed by atoms with van der Waals surface area (Å²) in [5.41, 5.74) is 0.0256. The average Bonchev–Trinajstić information content (AvgIpc) is 2.46. The first-order chi connectivity index (χ1) is 9.90. The molecule has 0 aliphatic carbocycles. The van der Waals surface area contributed by atoms with Gasteiger partial charge in [-0.2, -0.15) is 0 Å². The third kappa shape index (κ3) is 3.27. The highest BCUT2D eigenvalue weighted by Crippen LogP contribution is 2.25. The number of carboxylic acid groups (broad SMARTS) is 1. The maximum Gasteiger partial charge on any atom is 0.320 e. The molecule has 1 aliphatic heterocycles. The molecule has 1 N–H and O–H groups in total. The zero-order chi connectivity index (χ0) is 15.6. The van der Waals surface area contributed by atoms with Gasteiger partial charge in [-0.05, 0) is 13.0 Å². The fourth-order valence-corrected chi connectivity index (χ4v) is 2.37. The van der Waals surface area contributed by atoms with Crippen LogP contribution in [0, 0.1) is 15.9 Å². The van der Waals surface area contributed by atoms with Crippen LogP contribution in [0.2, 0.25) is 0 Å². The van der Waals surface area contributed by atoms with Crippen molar-refractivity contribution in [1.82, 2.24) is 4.90 Å². The zero-order valence-corrected chi connectivity index (χ0v) is 11.5. The van der Waals surface area contributed by atoms with Gasteiger partial charge in [0.15, 0.2) is 5.82 Å². The van der Waals surface area contributed by atoms with Crippen LogP contribution in [0.15, 0.2) is 18.2 Å². The van der Waals surface area contributed by atoms with E-state index in [0.29, 0.717) is 31.9 Å². The van der Waals surface area contributed by atoms with Crippen LogP contribution in [0.25, 0.3) is 0 Å². The monoisotopic (exact) mass is 297 g/mol. The second-order valence-electron chi connectivity index (χ2n) is 4.93. The van der Waals surface area contributed by atoms with Crippen LogP contribution in [-0.4, -0.2) is 53.1 Å². The molecular weight excluding hydrogens is 281 g/mol. The minimum absolute atomic E-state index is 0.283. The molecule has 0 amide bonds. The van der Waals surface area contributed by atoms with E-state index in [1.165, 1.54) is 12.1 Å². The lowest BCUT2D eigenvalue weighted by molar-refractivity contribution is -0.385. The quantitative estimate of drug-likeness (QED) is 0.666. The smallest absolute Gasteiger partial charge is 0.320 e. The number of nitrogens with zero attached hydrogens (tertiary/aromatic N) is 3. The summed E-state index contributed by atoms with van der Waals surface area (Å²) in [6, 6.07) is 2.99. The Morgan fingerprint density at radius 3 is 2.48 bits per heavy atom. The maximum absolute atomic E-state index is 13.9. The van der Waals surface area contributed by atoms with E-state index in [4.69, 9.17) is 5.11 Å². The summed E-state index contributed by atoms with van der Waals surface area (Å²) in [4.78, 5) is 24.4. The van der Waals surface area contributed by atoms with Gasteiger partial charge in [-0.3, -0.25) is 19.8 Å². The number of aliphatic carboxylic acids is 1. The maximum atomic E-state index is 13.9. The van der Waals surface area contributed by atoms with Crippen LogP contribution in [0.3, 0.4) is 0 Å². The van der Waals surface area contributed by atoms with Crippen molar-refractivity contribution >= 4 is 17.3 Å². The number of anilines is 1. The molecule has 0 spiro atoms. The molecule has 1 aliphatic rings. The average molecular weight is 297 g/mol. The Hall–Kier alpha value is -2.22. The van der Waals surface area contributed by atoms with E-state index in [2.05, 4.69) is 0 Å². The van der Waals surface area contributed by atoms with Gasteiger partial charge in [0.1, 0.15) is 6.04 Å². The fourth-order valence-electron chi connectivity index (χ4n) is 2.37. The highest BCUT2D eigenvalue weighted by atomic mass is 19.1. The minimum Gasteiger partial charge on any atom is -0.480 e. The second kappa shape index (κ2) is 6.04. The number of rotatable bonds is 4. The van der Waals surface area contributed by atoms with Crippen molar-refractivity contribution in [2.24, 2.45) is 0 Å². The van der Waals surface area contributed by atoms with Crippen molar-refractivity contribution in [3.05, 3.63) is 34.1 Å². The summed E-state index contributed by atoms with van der Waals surface area (Å²) in [5.74, 6) is -1.52. The third-order valence-electron chi connectivity index (χ3n) is 3.70. The van der Waals surface area contributed by atoms with E-state index < -0.39 is 22.8 Å². The molecular formula is C13H16FN3O4. The number of benzene rings is 1. The predicted octanol–water partition coefficient (Wildman–Crippen LogP) is 1.33. The highest BCUT2D eigenvalue weighted by Gasteiger charge is 2.26. The molecule has 1 heterocycles. The van der Waals surface area contributed by atoms with Crippen molar-refractivity contribution < 1.29 is 19.2 Å². The molecule has 21 heavy (non-hydrogen) atoms. The Balaban J connectivity index is 2.05. The molecule has 1 aromatic rings. The van der Waals surface area contributed by atoms with Crippen LogP contribution in [-0.2, 0) is 4.79 Å². The Morgan fingerprint density at radius 1 is 1.38 bits per heavy atom. The first kappa shape index (κ1) is 15.2. The first-order valence-electron chi connectivity index (χ1n) is 6.56. The number of piperazine rings is 1. The van der Waals surface area contributed by atoms with E-state index in [1.54, 1.807) is 11.8 Å². The number of non-ortho nitro benzene ring substituents is 1. The molecule has 1 aromatic carbocycles. The van der Waals surface area contributed by atoms with Gasteiger partial charge in [-0.25, -0.2) is 4.39 Å². The van der Waals surface area contributed by atoms with E-state index >= 15 is 0 Å². The molecule has 0 radical (unpaired) electrons. The number of hydrogen-bond donors (Lipinski definition) is 1. The summed E-state index contributed by atoms with van der Waals surface area (Å²) in [7, 11) is 0. The second-order valence-corrected chi connectivity index (χ2v) is 4.93. The fraction of sp³-hybridized carbons (Fsp3) is 0.462. The molecule has 8 heteroatoms. The molecule has 114 valence electrons. The summed E-state index contributed by atoms with van der Waals surface area (Å²) in [6.45, 7) is 3.58. The molecule has 0 bridgehead atoms. The summed E-state index contributed by atoms with van der Waals surface area (Å²) in [5, 5.41) is 19.6. The molecule has 1 saturated heterocycles. The minimum atomic E-state index is -0.884. The zero-order valence-electron chi connectivity index (χ0n) is 11.5. The van der Waals surface area contributed by atoms with Crippen LogP contribution in [0.5, 0.6) is 0 Å². The van der Waals surface area contributed by atoms with Crippen LogP contribution in [0.1, 0.15) is 6.92 Å². The molecule has 0 aromatic heterocycles. The number of hydrogen-bond acceptors (Lipinski definition) is 5. The normalized spacial score (nSPS) is 17.5. The third-order valence-corrected chi connectivity index (χ3v) is 3.70. The van der Waals surface area contributed by atoms with Crippen molar-refractivity contribution in [2.75, 3.05) is 31.1 Å². The lowest BCUT2D eigenvalue weighted by atomic mass is 10.2. The van der Waals surface area contributed by atoms with E-state index in [-0.39, 0.29) is 5.69 Å². The van der Waals surface area contributed by atoms with Gasteiger partial charge in [0.2, 0.25) is 0 Å². The lowest BCUT2D eigenvalue weighted by Gasteiger charge is -2.37. The predicted molar refractivity (Wildman–Crippen MR) is 73.9 cm³/mol. The van der Waals surface area contributed by atoms with Crippen molar-refractivity contribution in [3.63, 3.8) is 0 Å². The first-order valence-corrected chi connectivity index (χ1v) is 6.56. The van der Waals surface area contributed by atoms with Crippen molar-refractivity contribution in [3.8, 4) is 0 Å². The Kier molecular flexibility index (Phi) is 4.37. The molecule has 1 atom stereocenters. The molecule has 1 fully saturated rings. The number of nitro benzene ring substituents is 1.